The molecule has 0 fully saturated rings. The van der Waals surface area contributed by atoms with Crippen LogP contribution in [0.2, 0.25) is 0 Å². The first-order valence-electron chi connectivity index (χ1n) is 3.20. The van der Waals surface area contributed by atoms with Crippen LogP contribution < -0.4 is 5.66 Å². The van der Waals surface area contributed by atoms with Crippen molar-refractivity contribution in [3.05, 3.63) is 30.1 Å². The van der Waals surface area contributed by atoms with Crippen molar-refractivity contribution >= 4 is 24.5 Å². The van der Waals surface area contributed by atoms with Gasteiger partial charge in [0.1, 0.15) is 11.4 Å². The third-order valence-electron chi connectivity index (χ3n) is 1.50. The van der Waals surface area contributed by atoms with Gasteiger partial charge in [-0.3, -0.25) is 0 Å². The van der Waals surface area contributed by atoms with Gasteiger partial charge in [-0.1, -0.05) is 0 Å². The summed E-state index contributed by atoms with van der Waals surface area (Å²) in [6.07, 6.45) is 0. The molecule has 0 unspecified atom stereocenters. The van der Waals surface area contributed by atoms with E-state index in [0.717, 1.165) is 5.39 Å². The number of hydrogen-bond acceptors (Lipinski definition) is 1. The largest absolute Gasteiger partial charge is 0.473 e. The fraction of sp³-hybridized carbons (Fsp3) is 0. The topological polar surface area (TPSA) is 13.1 Å². The van der Waals surface area contributed by atoms with Crippen LogP contribution in [0.1, 0.15) is 0 Å². The maximum absolute atomic E-state index is 12.5. The number of fused-ring (bicyclic) bond motifs is 1. The number of halogens is 1. The molecule has 0 atom stereocenters. The van der Waals surface area contributed by atoms with Gasteiger partial charge in [-0.05, 0) is 18.2 Å². The van der Waals surface area contributed by atoms with Crippen molar-refractivity contribution in [2.75, 3.05) is 0 Å². The summed E-state index contributed by atoms with van der Waals surface area (Å²) in [5.74, 6) is -0.313. The zero-order valence-corrected chi connectivity index (χ0v) is 5.67. The van der Waals surface area contributed by atoms with E-state index in [4.69, 9.17) is 12.3 Å². The molecule has 0 spiro atoms. The Kier molecular flexibility index (Phi) is 1.25. The predicted octanol–water partition coefficient (Wildman–Crippen LogP) is 1.37. The molecule has 0 aliphatic heterocycles. The van der Waals surface area contributed by atoms with E-state index in [1.165, 1.54) is 12.1 Å². The minimum atomic E-state index is -0.313. The molecular weight excluding hydrogens is 142 g/mol. The minimum absolute atomic E-state index is 0.311. The Balaban J connectivity index is 2.82. The van der Waals surface area contributed by atoms with Crippen LogP contribution in [0, 0.1) is 5.82 Å². The van der Waals surface area contributed by atoms with E-state index in [0.29, 0.717) is 11.2 Å². The lowest BCUT2D eigenvalue weighted by molar-refractivity contribution is 0.615. The zero-order chi connectivity index (χ0) is 7.84. The standard InChI is InChI=1S/C8H4BFO/c9-8-3-5-1-2-6(10)4-7(5)11-8/h1-4H. The van der Waals surface area contributed by atoms with E-state index >= 15 is 0 Å². The Morgan fingerprint density at radius 1 is 1.27 bits per heavy atom. The van der Waals surface area contributed by atoms with E-state index in [1.54, 1.807) is 12.1 Å². The van der Waals surface area contributed by atoms with E-state index < -0.39 is 0 Å². The smallest absolute Gasteiger partial charge is 0.167 e. The number of hydrogen-bond donors (Lipinski definition) is 0. The molecule has 0 bridgehead atoms. The van der Waals surface area contributed by atoms with Gasteiger partial charge in [0, 0.05) is 17.1 Å². The van der Waals surface area contributed by atoms with Gasteiger partial charge in [0.25, 0.3) is 0 Å². The third-order valence-corrected chi connectivity index (χ3v) is 1.50. The highest BCUT2D eigenvalue weighted by Gasteiger charge is 1.99. The van der Waals surface area contributed by atoms with Crippen molar-refractivity contribution < 1.29 is 8.81 Å². The highest BCUT2D eigenvalue weighted by atomic mass is 19.1. The third kappa shape index (κ3) is 1.02. The number of rotatable bonds is 0. The quantitative estimate of drug-likeness (QED) is 0.511. The van der Waals surface area contributed by atoms with Crippen LogP contribution in [0.5, 0.6) is 0 Å². The first kappa shape index (κ1) is 6.46. The summed E-state index contributed by atoms with van der Waals surface area (Å²) in [7, 11) is 5.35. The average molecular weight is 146 g/mol. The maximum atomic E-state index is 12.5. The Morgan fingerprint density at radius 2 is 2.09 bits per heavy atom. The molecule has 2 radical (unpaired) electrons. The Morgan fingerprint density at radius 3 is 2.91 bits per heavy atom. The Hall–Kier alpha value is -1.25. The van der Waals surface area contributed by atoms with Crippen molar-refractivity contribution in [1.29, 1.82) is 0 Å². The van der Waals surface area contributed by atoms with Gasteiger partial charge in [-0.25, -0.2) is 4.39 Å². The second-order valence-electron chi connectivity index (χ2n) is 2.33. The van der Waals surface area contributed by atoms with Crippen LogP contribution in [-0.4, -0.2) is 7.85 Å². The highest BCUT2D eigenvalue weighted by molar-refractivity contribution is 6.31. The lowest BCUT2D eigenvalue weighted by atomic mass is 10.1. The van der Waals surface area contributed by atoms with Crippen LogP contribution in [-0.2, 0) is 0 Å². The molecular formula is C8H4BFO. The van der Waals surface area contributed by atoms with Crippen molar-refractivity contribution in [2.24, 2.45) is 0 Å². The molecule has 2 aromatic rings. The number of furan rings is 1. The molecule has 0 N–H and O–H groups in total. The summed E-state index contributed by atoms with van der Waals surface area (Å²) < 4.78 is 17.5. The molecule has 11 heavy (non-hydrogen) atoms. The lowest BCUT2D eigenvalue weighted by Gasteiger charge is -1.86. The van der Waals surface area contributed by atoms with E-state index in [2.05, 4.69) is 0 Å². The molecule has 1 nitrogen and oxygen atoms in total. The summed E-state index contributed by atoms with van der Waals surface area (Å²) in [6, 6.07) is 5.97. The van der Waals surface area contributed by atoms with Gasteiger partial charge < -0.3 is 4.42 Å². The van der Waals surface area contributed by atoms with Crippen molar-refractivity contribution in [3.8, 4) is 0 Å². The van der Waals surface area contributed by atoms with E-state index in [-0.39, 0.29) is 5.82 Å². The molecule has 0 aliphatic rings. The summed E-state index contributed by atoms with van der Waals surface area (Å²) >= 11 is 0. The van der Waals surface area contributed by atoms with Crippen molar-refractivity contribution in [1.82, 2.24) is 0 Å². The summed E-state index contributed by atoms with van der Waals surface area (Å²) in [5, 5.41) is 0.823. The second kappa shape index (κ2) is 2.12. The van der Waals surface area contributed by atoms with Gasteiger partial charge >= 0.3 is 0 Å². The fourth-order valence-electron chi connectivity index (χ4n) is 1.03. The van der Waals surface area contributed by atoms with Crippen LogP contribution in [0.4, 0.5) is 4.39 Å². The average Bonchev–Trinajstić information content (AvgIpc) is 2.27. The highest BCUT2D eigenvalue weighted by Crippen LogP contribution is 2.13. The predicted molar refractivity (Wildman–Crippen MR) is 41.6 cm³/mol. The maximum Gasteiger partial charge on any atom is 0.167 e. The molecule has 2 rings (SSSR count). The van der Waals surface area contributed by atoms with Crippen LogP contribution in [0.15, 0.2) is 28.7 Å². The minimum Gasteiger partial charge on any atom is -0.473 e. The molecule has 1 aromatic heterocycles. The first-order valence-corrected chi connectivity index (χ1v) is 3.20. The fourth-order valence-corrected chi connectivity index (χ4v) is 1.03. The van der Waals surface area contributed by atoms with Gasteiger partial charge in [0.15, 0.2) is 7.85 Å². The summed E-state index contributed by atoms with van der Waals surface area (Å²) in [4.78, 5) is 0. The molecule has 0 amide bonds. The molecule has 1 aromatic carbocycles. The van der Waals surface area contributed by atoms with E-state index in [9.17, 15) is 4.39 Å². The molecule has 0 aliphatic carbocycles. The molecule has 0 saturated carbocycles. The monoisotopic (exact) mass is 146 g/mol. The molecule has 0 saturated heterocycles. The van der Waals surface area contributed by atoms with Gasteiger partial charge in [0.2, 0.25) is 0 Å². The second-order valence-corrected chi connectivity index (χ2v) is 2.33. The van der Waals surface area contributed by atoms with Crippen molar-refractivity contribution in [3.63, 3.8) is 0 Å². The van der Waals surface area contributed by atoms with E-state index in [1.807, 2.05) is 0 Å². The lowest BCUT2D eigenvalue weighted by Crippen LogP contribution is -1.92. The van der Waals surface area contributed by atoms with Crippen LogP contribution in [0.3, 0.4) is 0 Å². The summed E-state index contributed by atoms with van der Waals surface area (Å²) in [5.41, 5.74) is 0.799. The Labute approximate surface area is 64.2 Å². The van der Waals surface area contributed by atoms with Crippen LogP contribution in [0.25, 0.3) is 11.0 Å². The normalized spacial score (nSPS) is 10.6. The van der Waals surface area contributed by atoms with Gasteiger partial charge in [-0.2, -0.15) is 0 Å². The number of benzene rings is 1. The SMILES string of the molecule is [B]c1cc2ccc(F)cc2o1. The molecule has 1 heterocycles. The van der Waals surface area contributed by atoms with Gasteiger partial charge in [-0.15, -0.1) is 0 Å². The summed E-state index contributed by atoms with van der Waals surface area (Å²) in [6.45, 7) is 0. The Bertz CT molecular complexity index is 394. The molecule has 3 heteroatoms. The molecule has 52 valence electrons. The zero-order valence-electron chi connectivity index (χ0n) is 5.67. The van der Waals surface area contributed by atoms with Crippen molar-refractivity contribution in [2.45, 2.75) is 0 Å². The van der Waals surface area contributed by atoms with Crippen LogP contribution >= 0.6 is 0 Å². The first-order chi connectivity index (χ1) is 5.25. The van der Waals surface area contributed by atoms with Gasteiger partial charge in [0.05, 0.1) is 0 Å².